The molecular weight excluding hydrogens is 390 g/mol. The van der Waals surface area contributed by atoms with E-state index < -0.39 is 0 Å². The van der Waals surface area contributed by atoms with Crippen molar-refractivity contribution in [1.29, 1.82) is 0 Å². The molecule has 1 heterocycles. The van der Waals surface area contributed by atoms with Crippen molar-refractivity contribution in [1.82, 2.24) is 0 Å². The number of thioether (sulfide) groups is 1. The van der Waals surface area contributed by atoms with E-state index in [4.69, 9.17) is 4.74 Å². The van der Waals surface area contributed by atoms with Crippen molar-refractivity contribution in [2.45, 2.75) is 57.0 Å². The van der Waals surface area contributed by atoms with E-state index in [0.29, 0.717) is 17.2 Å². The van der Waals surface area contributed by atoms with Gasteiger partial charge in [-0.3, -0.25) is 4.79 Å². The summed E-state index contributed by atoms with van der Waals surface area (Å²) in [5.74, 6) is 0.394. The summed E-state index contributed by atoms with van der Waals surface area (Å²) in [4.78, 5) is 26.6. The van der Waals surface area contributed by atoms with Crippen molar-refractivity contribution in [3.8, 4) is 0 Å². The molecule has 3 rings (SSSR count). The summed E-state index contributed by atoms with van der Waals surface area (Å²) in [6.07, 6.45) is 5.24. The zero-order chi connectivity index (χ0) is 19.9. The first-order valence-corrected chi connectivity index (χ1v) is 11.7. The quantitative estimate of drug-likeness (QED) is 0.480. The number of carbonyl (C=O) groups excluding carboxylic acids is 2. The van der Waals surface area contributed by atoms with E-state index in [9.17, 15) is 9.59 Å². The van der Waals surface area contributed by atoms with Crippen molar-refractivity contribution in [3.05, 3.63) is 51.9 Å². The molecule has 1 unspecified atom stereocenters. The first-order valence-electron chi connectivity index (χ1n) is 9.88. The average molecular weight is 418 g/mol. The van der Waals surface area contributed by atoms with Gasteiger partial charge in [-0.05, 0) is 50.7 Å². The maximum absolute atomic E-state index is 12.8. The lowest BCUT2D eigenvalue weighted by Gasteiger charge is -2.13. The number of hydrogen-bond donors (Lipinski definition) is 1. The molecule has 4 nitrogen and oxygen atoms in total. The van der Waals surface area contributed by atoms with E-state index >= 15 is 0 Å². The van der Waals surface area contributed by atoms with Gasteiger partial charge in [-0.1, -0.05) is 36.8 Å². The zero-order valence-electron chi connectivity index (χ0n) is 16.5. The minimum absolute atomic E-state index is 0.0668. The predicted octanol–water partition coefficient (Wildman–Crippen LogP) is 5.45. The molecule has 0 aliphatic heterocycles. The molecule has 0 radical (unpaired) electrons. The van der Waals surface area contributed by atoms with Crippen LogP contribution < -0.4 is 5.32 Å². The van der Waals surface area contributed by atoms with Gasteiger partial charge in [0, 0.05) is 10.6 Å². The lowest BCUT2D eigenvalue weighted by Crippen LogP contribution is -2.23. The van der Waals surface area contributed by atoms with Crippen molar-refractivity contribution in [2.24, 2.45) is 0 Å². The number of rotatable bonds is 7. The third-order valence-corrected chi connectivity index (χ3v) is 7.27. The summed E-state index contributed by atoms with van der Waals surface area (Å²) in [5, 5.41) is 3.47. The molecule has 0 spiro atoms. The molecular formula is C22H27NO3S2. The number of amides is 1. The van der Waals surface area contributed by atoms with Crippen LogP contribution in [0, 0.1) is 0 Å². The molecule has 2 aromatic rings. The summed E-state index contributed by atoms with van der Waals surface area (Å²) in [6, 6.07) is 10.1. The maximum atomic E-state index is 12.8. The monoisotopic (exact) mass is 417 g/mol. The third kappa shape index (κ3) is 5.17. The fourth-order valence-electron chi connectivity index (χ4n) is 3.33. The zero-order valence-corrected chi connectivity index (χ0v) is 18.1. The highest BCUT2D eigenvalue weighted by Gasteiger charge is 2.27. The van der Waals surface area contributed by atoms with Gasteiger partial charge < -0.3 is 10.1 Å². The number of carbonyl (C=O) groups is 2. The molecule has 1 N–H and O–H groups in total. The fraction of sp³-hybridized carbons (Fsp3) is 0.455. The van der Waals surface area contributed by atoms with Crippen LogP contribution in [0.25, 0.3) is 0 Å². The van der Waals surface area contributed by atoms with Gasteiger partial charge in [-0.25, -0.2) is 4.79 Å². The lowest BCUT2D eigenvalue weighted by atomic mass is 10.1. The number of hydrogen-bond acceptors (Lipinski definition) is 5. The standard InChI is InChI=1S/C22H27NO3S2/c1-3-26-22(25)19-17-12-8-5-9-13-18(17)28-21(19)23-20(24)15(2)27-14-16-10-6-4-7-11-16/h4,6-7,10-11,15H,3,5,8-9,12-14H2,1-2H3,(H,23,24). The number of esters is 1. The molecule has 1 aromatic carbocycles. The van der Waals surface area contributed by atoms with Gasteiger partial charge in [-0.2, -0.15) is 0 Å². The van der Waals surface area contributed by atoms with Crippen LogP contribution in [0.5, 0.6) is 0 Å². The second kappa shape index (κ2) is 10.1. The van der Waals surface area contributed by atoms with E-state index in [2.05, 4.69) is 17.4 Å². The summed E-state index contributed by atoms with van der Waals surface area (Å²) in [5.41, 5.74) is 2.86. The van der Waals surface area contributed by atoms with Crippen LogP contribution in [-0.4, -0.2) is 23.7 Å². The van der Waals surface area contributed by atoms with E-state index in [1.807, 2.05) is 32.0 Å². The van der Waals surface area contributed by atoms with Gasteiger partial charge in [0.15, 0.2) is 0 Å². The van der Waals surface area contributed by atoms with Crippen molar-refractivity contribution < 1.29 is 14.3 Å². The Bertz CT molecular complexity index is 817. The minimum Gasteiger partial charge on any atom is -0.462 e. The van der Waals surface area contributed by atoms with Crippen LogP contribution in [0.4, 0.5) is 5.00 Å². The topological polar surface area (TPSA) is 55.4 Å². The number of ether oxygens (including phenoxy) is 1. The minimum atomic E-state index is -0.318. The number of benzene rings is 1. The molecule has 0 fully saturated rings. The summed E-state index contributed by atoms with van der Waals surface area (Å²) < 4.78 is 5.29. The van der Waals surface area contributed by atoms with E-state index in [-0.39, 0.29) is 17.1 Å². The second-order valence-corrected chi connectivity index (χ2v) is 9.35. The van der Waals surface area contributed by atoms with Gasteiger partial charge in [0.2, 0.25) is 5.91 Å². The molecule has 0 saturated heterocycles. The van der Waals surface area contributed by atoms with E-state index in [1.54, 1.807) is 23.1 Å². The molecule has 0 saturated carbocycles. The lowest BCUT2D eigenvalue weighted by molar-refractivity contribution is -0.115. The summed E-state index contributed by atoms with van der Waals surface area (Å²) >= 11 is 3.14. The molecule has 0 bridgehead atoms. The van der Waals surface area contributed by atoms with E-state index in [0.717, 1.165) is 37.0 Å². The normalized spacial score (nSPS) is 14.6. The SMILES string of the molecule is CCOC(=O)c1c(NC(=O)C(C)SCc2ccccc2)sc2c1CCCCC2. The predicted molar refractivity (Wildman–Crippen MR) is 117 cm³/mol. The molecule has 1 atom stereocenters. The fourth-order valence-corrected chi connectivity index (χ4v) is 5.46. The van der Waals surface area contributed by atoms with Crippen LogP contribution in [0.15, 0.2) is 30.3 Å². The number of nitrogens with one attached hydrogen (secondary N) is 1. The van der Waals surface area contributed by atoms with Crippen LogP contribution in [0.1, 0.15) is 59.5 Å². The van der Waals surface area contributed by atoms with Gasteiger partial charge >= 0.3 is 5.97 Å². The largest absolute Gasteiger partial charge is 0.462 e. The summed E-state index contributed by atoms with van der Waals surface area (Å²) in [7, 11) is 0. The number of fused-ring (bicyclic) bond motifs is 1. The highest BCUT2D eigenvalue weighted by Crippen LogP contribution is 2.38. The van der Waals surface area contributed by atoms with Crippen LogP contribution >= 0.6 is 23.1 Å². The Labute approximate surface area is 175 Å². The Morgan fingerprint density at radius 1 is 1.18 bits per heavy atom. The molecule has 150 valence electrons. The van der Waals surface area contributed by atoms with Crippen molar-refractivity contribution in [2.75, 3.05) is 11.9 Å². The van der Waals surface area contributed by atoms with Gasteiger partial charge in [0.1, 0.15) is 5.00 Å². The highest BCUT2D eigenvalue weighted by atomic mass is 32.2. The van der Waals surface area contributed by atoms with Crippen molar-refractivity contribution in [3.63, 3.8) is 0 Å². The molecule has 28 heavy (non-hydrogen) atoms. The van der Waals surface area contributed by atoms with Crippen LogP contribution in [0.3, 0.4) is 0 Å². The molecule has 1 amide bonds. The van der Waals surface area contributed by atoms with Gasteiger partial charge in [-0.15, -0.1) is 23.1 Å². The number of anilines is 1. The second-order valence-electron chi connectivity index (χ2n) is 6.92. The first-order chi connectivity index (χ1) is 13.6. The third-order valence-electron chi connectivity index (χ3n) is 4.85. The molecule has 1 aromatic heterocycles. The Balaban J connectivity index is 1.73. The molecule has 6 heteroatoms. The van der Waals surface area contributed by atoms with Gasteiger partial charge in [0.05, 0.1) is 17.4 Å². The molecule has 1 aliphatic carbocycles. The first kappa shape index (κ1) is 20.9. The Hall–Kier alpha value is -1.79. The molecule has 1 aliphatic rings. The Kier molecular flexibility index (Phi) is 7.57. The van der Waals surface area contributed by atoms with Gasteiger partial charge in [0.25, 0.3) is 0 Å². The highest BCUT2D eigenvalue weighted by molar-refractivity contribution is 7.99. The number of aryl methyl sites for hydroxylation is 1. The smallest absolute Gasteiger partial charge is 0.341 e. The van der Waals surface area contributed by atoms with Crippen LogP contribution in [0.2, 0.25) is 0 Å². The maximum Gasteiger partial charge on any atom is 0.341 e. The average Bonchev–Trinajstić information content (AvgIpc) is 2.87. The summed E-state index contributed by atoms with van der Waals surface area (Å²) in [6.45, 7) is 4.05. The van der Waals surface area contributed by atoms with Crippen molar-refractivity contribution >= 4 is 40.0 Å². The van der Waals surface area contributed by atoms with Crippen LogP contribution in [-0.2, 0) is 28.1 Å². The van der Waals surface area contributed by atoms with E-state index in [1.165, 1.54) is 16.9 Å². The number of thiophene rings is 1. The Morgan fingerprint density at radius 3 is 2.68 bits per heavy atom. The Morgan fingerprint density at radius 2 is 1.93 bits per heavy atom.